The summed E-state index contributed by atoms with van der Waals surface area (Å²) in [5.74, 6) is 0.592. The highest BCUT2D eigenvalue weighted by Gasteiger charge is 2.13. The van der Waals surface area contributed by atoms with Crippen molar-refractivity contribution in [2.24, 2.45) is 0 Å². The smallest absolute Gasteiger partial charge is 0.294 e. The summed E-state index contributed by atoms with van der Waals surface area (Å²) in [5, 5.41) is 0. The molecule has 0 saturated carbocycles. The van der Waals surface area contributed by atoms with Crippen LogP contribution >= 0.6 is 0 Å². The Morgan fingerprint density at radius 1 is 1.33 bits per heavy atom. The van der Waals surface area contributed by atoms with Gasteiger partial charge in [-0.05, 0) is 44.5 Å². The first-order valence-electron chi connectivity index (χ1n) is 4.55. The Balaban J connectivity index is 3.09. The van der Waals surface area contributed by atoms with Crippen LogP contribution in [0.15, 0.2) is 23.1 Å². The molecule has 0 bridgehead atoms. The van der Waals surface area contributed by atoms with E-state index in [1.165, 1.54) is 12.1 Å². The SMILES string of the molecule is Cc1cc(OC(C)C)ccc1S(=O)(=O)O. The second kappa shape index (κ2) is 4.20. The Bertz CT molecular complexity index is 448. The summed E-state index contributed by atoms with van der Waals surface area (Å²) < 4.78 is 36.1. The second-order valence-corrected chi connectivity index (χ2v) is 4.96. The summed E-state index contributed by atoms with van der Waals surface area (Å²) in [6.45, 7) is 5.37. The van der Waals surface area contributed by atoms with Crippen LogP contribution in [0, 0.1) is 6.92 Å². The first kappa shape index (κ1) is 12.0. The molecule has 0 amide bonds. The molecular formula is C10H14O4S. The lowest BCUT2D eigenvalue weighted by Gasteiger charge is -2.11. The quantitative estimate of drug-likeness (QED) is 0.807. The lowest BCUT2D eigenvalue weighted by Crippen LogP contribution is -2.07. The van der Waals surface area contributed by atoms with Crippen molar-refractivity contribution in [1.82, 2.24) is 0 Å². The first-order valence-corrected chi connectivity index (χ1v) is 5.99. The van der Waals surface area contributed by atoms with Crippen molar-refractivity contribution >= 4 is 10.1 Å². The lowest BCUT2D eigenvalue weighted by atomic mass is 10.2. The van der Waals surface area contributed by atoms with Gasteiger partial charge < -0.3 is 4.74 Å². The van der Waals surface area contributed by atoms with E-state index in [0.717, 1.165) is 0 Å². The summed E-state index contributed by atoms with van der Waals surface area (Å²) in [6.07, 6.45) is 0.0287. The van der Waals surface area contributed by atoms with Crippen LogP contribution in [0.25, 0.3) is 0 Å². The lowest BCUT2D eigenvalue weighted by molar-refractivity contribution is 0.242. The first-order chi connectivity index (χ1) is 6.80. The number of rotatable bonds is 3. The van der Waals surface area contributed by atoms with Crippen LogP contribution in [0.1, 0.15) is 19.4 Å². The molecule has 0 aliphatic heterocycles. The van der Waals surface area contributed by atoms with Gasteiger partial charge in [0.05, 0.1) is 11.0 Å². The van der Waals surface area contributed by atoms with Crippen molar-refractivity contribution in [3.05, 3.63) is 23.8 Å². The van der Waals surface area contributed by atoms with Crippen LogP contribution in [0.2, 0.25) is 0 Å². The minimum absolute atomic E-state index is 0.0287. The van der Waals surface area contributed by atoms with Crippen LogP contribution in [-0.4, -0.2) is 19.1 Å². The van der Waals surface area contributed by atoms with E-state index in [2.05, 4.69) is 0 Å². The molecule has 0 heterocycles. The van der Waals surface area contributed by atoms with Crippen LogP contribution in [0.3, 0.4) is 0 Å². The molecule has 0 radical (unpaired) electrons. The fourth-order valence-corrected chi connectivity index (χ4v) is 1.96. The summed E-state index contributed by atoms with van der Waals surface area (Å²) in [6, 6.07) is 4.45. The highest BCUT2D eigenvalue weighted by molar-refractivity contribution is 7.85. The van der Waals surface area contributed by atoms with Gasteiger partial charge in [-0.1, -0.05) is 0 Å². The number of hydrogen-bond donors (Lipinski definition) is 1. The average molecular weight is 230 g/mol. The van der Waals surface area contributed by atoms with Crippen LogP contribution in [0.5, 0.6) is 5.75 Å². The van der Waals surface area contributed by atoms with Gasteiger partial charge in [-0.25, -0.2) is 0 Å². The summed E-state index contributed by atoms with van der Waals surface area (Å²) in [4.78, 5) is -0.0846. The molecule has 0 aromatic heterocycles. The fourth-order valence-electron chi connectivity index (χ4n) is 1.26. The molecule has 0 fully saturated rings. The zero-order valence-electron chi connectivity index (χ0n) is 8.89. The van der Waals surface area contributed by atoms with Gasteiger partial charge in [0.25, 0.3) is 10.1 Å². The molecule has 0 atom stereocenters. The Morgan fingerprint density at radius 2 is 1.93 bits per heavy atom. The van der Waals surface area contributed by atoms with Crippen molar-refractivity contribution in [2.45, 2.75) is 31.8 Å². The van der Waals surface area contributed by atoms with E-state index in [1.54, 1.807) is 13.0 Å². The normalized spacial score (nSPS) is 11.8. The van der Waals surface area contributed by atoms with Gasteiger partial charge in [-0.2, -0.15) is 8.42 Å². The molecule has 0 saturated heterocycles. The molecule has 4 nitrogen and oxygen atoms in total. The zero-order valence-corrected chi connectivity index (χ0v) is 9.71. The second-order valence-electron chi connectivity index (χ2n) is 3.57. The molecular weight excluding hydrogens is 216 g/mol. The van der Waals surface area contributed by atoms with Crippen molar-refractivity contribution in [1.29, 1.82) is 0 Å². The van der Waals surface area contributed by atoms with Gasteiger partial charge >= 0.3 is 0 Å². The van der Waals surface area contributed by atoms with E-state index in [-0.39, 0.29) is 11.0 Å². The molecule has 1 aromatic carbocycles. The molecule has 0 unspecified atom stereocenters. The number of hydrogen-bond acceptors (Lipinski definition) is 3. The van der Waals surface area contributed by atoms with Gasteiger partial charge in [-0.3, -0.25) is 4.55 Å². The van der Waals surface area contributed by atoms with Crippen LogP contribution in [0.4, 0.5) is 0 Å². The molecule has 1 N–H and O–H groups in total. The monoisotopic (exact) mass is 230 g/mol. The summed E-state index contributed by atoms with van der Waals surface area (Å²) in [5.41, 5.74) is 0.468. The third-order valence-corrected chi connectivity index (χ3v) is 2.81. The standard InChI is InChI=1S/C10H14O4S/c1-7(2)14-9-4-5-10(8(3)6-9)15(11,12)13/h4-7H,1-3H3,(H,11,12,13). The predicted octanol–water partition coefficient (Wildman–Crippen LogP) is 2.03. The highest BCUT2D eigenvalue weighted by atomic mass is 32.2. The van der Waals surface area contributed by atoms with Gasteiger partial charge in [0.1, 0.15) is 5.75 Å². The van der Waals surface area contributed by atoms with Gasteiger partial charge in [0, 0.05) is 0 Å². The molecule has 5 heteroatoms. The largest absolute Gasteiger partial charge is 0.491 e. The van der Waals surface area contributed by atoms with Crippen molar-refractivity contribution in [2.75, 3.05) is 0 Å². The van der Waals surface area contributed by atoms with Crippen molar-refractivity contribution in [3.8, 4) is 5.75 Å². The zero-order chi connectivity index (χ0) is 11.6. The minimum atomic E-state index is -4.13. The molecule has 84 valence electrons. The number of benzene rings is 1. The van der Waals surface area contributed by atoms with E-state index in [1.807, 2.05) is 13.8 Å². The number of aryl methyl sites for hydroxylation is 1. The Morgan fingerprint density at radius 3 is 2.33 bits per heavy atom. The van der Waals surface area contributed by atoms with E-state index < -0.39 is 10.1 Å². The van der Waals surface area contributed by atoms with E-state index >= 15 is 0 Å². The maximum atomic E-state index is 10.9. The third kappa shape index (κ3) is 3.21. The van der Waals surface area contributed by atoms with E-state index in [0.29, 0.717) is 11.3 Å². The predicted molar refractivity (Wildman–Crippen MR) is 56.8 cm³/mol. The Hall–Kier alpha value is -1.07. The Labute approximate surface area is 89.6 Å². The van der Waals surface area contributed by atoms with Crippen molar-refractivity contribution < 1.29 is 17.7 Å². The van der Waals surface area contributed by atoms with Crippen molar-refractivity contribution in [3.63, 3.8) is 0 Å². The van der Waals surface area contributed by atoms with Crippen LogP contribution in [-0.2, 0) is 10.1 Å². The molecule has 0 aliphatic rings. The molecule has 0 aliphatic carbocycles. The maximum Gasteiger partial charge on any atom is 0.294 e. The fraction of sp³-hybridized carbons (Fsp3) is 0.400. The van der Waals surface area contributed by atoms with E-state index in [9.17, 15) is 8.42 Å². The molecule has 15 heavy (non-hydrogen) atoms. The van der Waals surface area contributed by atoms with Gasteiger partial charge in [-0.15, -0.1) is 0 Å². The third-order valence-electron chi connectivity index (χ3n) is 1.80. The highest BCUT2D eigenvalue weighted by Crippen LogP contribution is 2.21. The van der Waals surface area contributed by atoms with Crippen LogP contribution < -0.4 is 4.74 Å². The minimum Gasteiger partial charge on any atom is -0.491 e. The topological polar surface area (TPSA) is 63.6 Å². The Kier molecular flexibility index (Phi) is 3.36. The number of ether oxygens (including phenoxy) is 1. The maximum absolute atomic E-state index is 10.9. The molecule has 1 rings (SSSR count). The molecule has 1 aromatic rings. The average Bonchev–Trinajstić information content (AvgIpc) is 1.99. The van der Waals surface area contributed by atoms with Gasteiger partial charge in [0.2, 0.25) is 0 Å². The summed E-state index contributed by atoms with van der Waals surface area (Å²) in [7, 11) is -4.13. The summed E-state index contributed by atoms with van der Waals surface area (Å²) >= 11 is 0. The van der Waals surface area contributed by atoms with E-state index in [4.69, 9.17) is 9.29 Å². The molecule has 0 spiro atoms. The van der Waals surface area contributed by atoms with Gasteiger partial charge in [0.15, 0.2) is 0 Å².